The molecule has 2 N–H and O–H groups in total. The maximum absolute atomic E-state index is 12.3. The number of alkyl halides is 2. The SMILES string of the molecule is C=O.C=O.CC.CCCC(F)F.CCN[N+](=O)[C@@H]1N=C(C23CC(N(C)Cc4ccc(Cl)c(Cl)c4)(C2)C3)NC1(C)C. The van der Waals surface area contributed by atoms with Crippen molar-refractivity contribution < 1.29 is 23.2 Å². The van der Waals surface area contributed by atoms with E-state index in [0.717, 1.165) is 36.5 Å². The first kappa shape index (κ1) is 37.8. The summed E-state index contributed by atoms with van der Waals surface area (Å²) in [6, 6.07) is 5.83. The van der Waals surface area contributed by atoms with Crippen molar-refractivity contribution in [3.63, 3.8) is 0 Å². The Bertz CT molecular complexity index is 959. The molecule has 1 aliphatic heterocycles. The maximum atomic E-state index is 12.3. The lowest BCUT2D eigenvalue weighted by atomic mass is 9.38. The van der Waals surface area contributed by atoms with E-state index in [4.69, 9.17) is 37.8 Å². The van der Waals surface area contributed by atoms with Crippen molar-refractivity contribution in [1.82, 2.24) is 15.6 Å². The molecule has 0 radical (unpaired) electrons. The monoisotopic (exact) mass is 608 g/mol. The van der Waals surface area contributed by atoms with Crippen LogP contribution in [0, 0.1) is 10.3 Å². The van der Waals surface area contributed by atoms with E-state index < -0.39 is 12.6 Å². The van der Waals surface area contributed by atoms with Gasteiger partial charge in [-0.1, -0.05) is 56.5 Å². The van der Waals surface area contributed by atoms with Crippen molar-refractivity contribution in [2.75, 3.05) is 13.6 Å². The fourth-order valence-corrected chi connectivity index (χ4v) is 5.55. The molecule has 5 rings (SSSR count). The summed E-state index contributed by atoms with van der Waals surface area (Å²) in [5.41, 5.74) is 3.94. The first-order valence-corrected chi connectivity index (χ1v) is 14.2. The van der Waals surface area contributed by atoms with Gasteiger partial charge in [0.15, 0.2) is 0 Å². The number of hydrogen-bond donors (Lipinski definition) is 2. The molecule has 0 amide bonds. The molecule has 8 nitrogen and oxygen atoms in total. The fourth-order valence-electron chi connectivity index (χ4n) is 5.23. The smallest absolute Gasteiger partial charge is 0.348 e. The lowest BCUT2D eigenvalue weighted by Gasteiger charge is -2.73. The number of hydrazine groups is 1. The molecule has 228 valence electrons. The second kappa shape index (κ2) is 16.9. The minimum atomic E-state index is -2.10. The highest BCUT2D eigenvalue weighted by Gasteiger charge is 2.73. The van der Waals surface area contributed by atoms with Gasteiger partial charge in [-0.15, -0.1) is 0 Å². The van der Waals surface area contributed by atoms with E-state index in [9.17, 15) is 13.7 Å². The van der Waals surface area contributed by atoms with Crippen molar-refractivity contribution in [1.29, 1.82) is 0 Å². The number of aliphatic imine (C=N–C) groups is 1. The van der Waals surface area contributed by atoms with Gasteiger partial charge in [-0.25, -0.2) is 8.78 Å². The van der Waals surface area contributed by atoms with Crippen LogP contribution in [-0.4, -0.2) is 66.4 Å². The van der Waals surface area contributed by atoms with Crippen LogP contribution in [0.4, 0.5) is 8.78 Å². The number of halogens is 4. The Morgan fingerprint density at radius 2 is 1.68 bits per heavy atom. The van der Waals surface area contributed by atoms with Crippen LogP contribution in [0.2, 0.25) is 10.0 Å². The van der Waals surface area contributed by atoms with Gasteiger partial charge in [0.25, 0.3) is 0 Å². The summed E-state index contributed by atoms with van der Waals surface area (Å²) in [6.07, 6.45) is 1.31. The van der Waals surface area contributed by atoms with Gasteiger partial charge < -0.3 is 14.9 Å². The molecule has 0 aromatic heterocycles. The van der Waals surface area contributed by atoms with Gasteiger partial charge >= 0.3 is 6.17 Å². The van der Waals surface area contributed by atoms with Crippen LogP contribution >= 0.6 is 23.2 Å². The molecule has 1 aromatic carbocycles. The maximum Gasteiger partial charge on any atom is 0.348 e. The van der Waals surface area contributed by atoms with Crippen LogP contribution in [0.15, 0.2) is 23.2 Å². The van der Waals surface area contributed by atoms with E-state index in [2.05, 4.69) is 22.7 Å². The molecule has 0 saturated heterocycles. The Morgan fingerprint density at radius 3 is 2.10 bits per heavy atom. The molecule has 1 heterocycles. The summed E-state index contributed by atoms with van der Waals surface area (Å²) in [5.74, 6) is 1.01. The second-order valence-electron chi connectivity index (χ2n) is 10.4. The van der Waals surface area contributed by atoms with E-state index in [1.54, 1.807) is 6.92 Å². The highest BCUT2D eigenvalue weighted by Crippen LogP contribution is 2.70. The van der Waals surface area contributed by atoms with Gasteiger partial charge in [0, 0.05) is 23.9 Å². The molecule has 3 aliphatic carbocycles. The molecule has 40 heavy (non-hydrogen) atoms. The number of rotatable bonds is 9. The zero-order chi connectivity index (χ0) is 31.3. The minimum absolute atomic E-state index is 0.0417. The number of nitrogens with zero attached hydrogens (tertiary/aromatic N) is 3. The first-order chi connectivity index (χ1) is 18.9. The third-order valence-electron chi connectivity index (χ3n) is 7.10. The quantitative estimate of drug-likeness (QED) is 0.247. The summed E-state index contributed by atoms with van der Waals surface area (Å²) in [6.45, 7) is 17.2. The normalized spacial score (nSPS) is 24.4. The molecule has 0 unspecified atom stereocenters. The summed E-state index contributed by atoms with van der Waals surface area (Å²) in [5, 5.41) is 4.72. The molecule has 3 saturated carbocycles. The second-order valence-corrected chi connectivity index (χ2v) is 11.2. The highest BCUT2D eigenvalue weighted by atomic mass is 35.5. The van der Waals surface area contributed by atoms with E-state index in [0.29, 0.717) is 23.0 Å². The summed E-state index contributed by atoms with van der Waals surface area (Å²) >= 11 is 12.2. The van der Waals surface area contributed by atoms with Crippen LogP contribution < -0.4 is 10.7 Å². The lowest BCUT2D eigenvalue weighted by Crippen LogP contribution is -2.77. The van der Waals surface area contributed by atoms with Gasteiger partial charge in [-0.05, 0) is 64.8 Å². The van der Waals surface area contributed by atoms with Crippen molar-refractivity contribution >= 4 is 42.6 Å². The number of nitroso groups, excluding NO2 is 1. The predicted octanol–water partition coefficient (Wildman–Crippen LogP) is 6.47. The number of hydrogen-bond acceptors (Lipinski definition) is 6. The molecule has 1 atom stereocenters. The Labute approximate surface area is 247 Å². The minimum Gasteiger partial charge on any atom is -0.360 e. The van der Waals surface area contributed by atoms with Crippen LogP contribution in [0.1, 0.15) is 79.2 Å². The third-order valence-corrected chi connectivity index (χ3v) is 7.84. The number of nitrogens with one attached hydrogen (secondary N) is 2. The summed E-state index contributed by atoms with van der Waals surface area (Å²) in [7, 11) is 2.17. The Hall–Kier alpha value is -2.17. The summed E-state index contributed by atoms with van der Waals surface area (Å²) < 4.78 is 22.1. The average Bonchev–Trinajstić information content (AvgIpc) is 3.19. The zero-order valence-corrected chi connectivity index (χ0v) is 26.3. The molecule has 0 spiro atoms. The average molecular weight is 610 g/mol. The van der Waals surface area contributed by atoms with Crippen molar-refractivity contribution in [2.45, 2.75) is 104 Å². The van der Waals surface area contributed by atoms with Crippen LogP contribution in [0.5, 0.6) is 0 Å². The number of carbonyl (C=O) groups is 2. The number of amidine groups is 1. The van der Waals surface area contributed by atoms with Gasteiger partial charge in [-0.3, -0.25) is 4.90 Å². The fraction of sp³-hybridized carbons (Fsp3) is 0.679. The van der Waals surface area contributed by atoms with Crippen LogP contribution in [-0.2, 0) is 16.1 Å². The number of benzene rings is 1. The largest absolute Gasteiger partial charge is 0.360 e. The predicted molar refractivity (Wildman–Crippen MR) is 159 cm³/mol. The topological polar surface area (TPSA) is 93.9 Å². The van der Waals surface area contributed by atoms with Gasteiger partial charge in [0.1, 0.15) is 29.8 Å². The van der Waals surface area contributed by atoms with Crippen LogP contribution in [0.25, 0.3) is 0 Å². The van der Waals surface area contributed by atoms with Crippen molar-refractivity contribution in [2.24, 2.45) is 10.4 Å². The lowest BCUT2D eigenvalue weighted by molar-refractivity contribution is -0.645. The van der Waals surface area contributed by atoms with Crippen molar-refractivity contribution in [3.8, 4) is 0 Å². The standard InChI is InChI=1S/C20H28Cl2N5O.C4H8F2.C2H6.2CH2O/c1-5-23-27(28)17-18(2,3)25-16(24-17)19-10-20(11-19,12-19)26(4)9-13-6-7-14(21)15(22)8-13;1-2-3-4(5)6;3*1-2/h6-8,17H,5,9-12H2,1-4H3,(H,23,28)(H,24,25);4H,2-3H2,1H3;1-2H3;2*1H2/q+1;;;;/t17-,19?,20?;;;;/m0..../s1. The molecule has 12 heteroatoms. The molecule has 2 bridgehead atoms. The van der Waals surface area contributed by atoms with E-state index in [-0.39, 0.29) is 22.9 Å². The highest BCUT2D eigenvalue weighted by molar-refractivity contribution is 6.42. The van der Waals surface area contributed by atoms with E-state index in [1.165, 1.54) is 5.56 Å². The van der Waals surface area contributed by atoms with E-state index >= 15 is 0 Å². The molecular weight excluding hydrogens is 563 g/mol. The summed E-state index contributed by atoms with van der Waals surface area (Å²) in [4.78, 5) is 36.4. The molecular formula is C28H46Cl2F2N5O3+. The van der Waals surface area contributed by atoms with Gasteiger partial charge in [-0.2, -0.15) is 10.4 Å². The van der Waals surface area contributed by atoms with Gasteiger partial charge in [0.2, 0.25) is 6.43 Å². The Kier molecular flexibility index (Phi) is 16.0. The number of carbonyl (C=O) groups excluding carboxylic acids is 2. The Morgan fingerprint density at radius 1 is 1.12 bits per heavy atom. The molecule has 1 aromatic rings. The van der Waals surface area contributed by atoms with Crippen molar-refractivity contribution in [3.05, 3.63) is 38.7 Å². The molecule has 3 fully saturated rings. The zero-order valence-electron chi connectivity index (χ0n) is 24.8. The first-order valence-electron chi connectivity index (χ1n) is 13.5. The van der Waals surface area contributed by atoms with Crippen LogP contribution in [0.3, 0.4) is 0 Å². The third kappa shape index (κ3) is 8.91. The van der Waals surface area contributed by atoms with E-state index in [1.807, 2.05) is 66.4 Å². The molecule has 4 aliphatic rings. The van der Waals surface area contributed by atoms with Gasteiger partial charge in [0.05, 0.1) is 21.5 Å². The Balaban J connectivity index is 0.00000110.